The molecule has 0 unspecified atom stereocenters. The monoisotopic (exact) mass is 373 g/mol. The largest absolute Gasteiger partial charge is 0.282 e. The summed E-state index contributed by atoms with van der Waals surface area (Å²) >= 11 is 0. The Morgan fingerprint density at radius 2 is 1.41 bits per heavy atom. The fraction of sp³-hybridized carbons (Fsp3) is 0.917. The molecule has 4 fully saturated rings. The van der Waals surface area contributed by atoms with Crippen molar-refractivity contribution in [3.05, 3.63) is 0 Å². The second-order valence-corrected chi connectivity index (χ2v) is 10.2. The summed E-state index contributed by atoms with van der Waals surface area (Å²) in [6.45, 7) is 5.34. The van der Waals surface area contributed by atoms with E-state index < -0.39 is 0 Å². The van der Waals surface area contributed by atoms with Gasteiger partial charge in [0, 0.05) is 6.54 Å². The Hall–Kier alpha value is -0.860. The number of carbonyl (C=O) groups excluding carboxylic acids is 2. The zero-order valence-electron chi connectivity index (χ0n) is 17.5. The lowest BCUT2D eigenvalue weighted by Gasteiger charge is -2.36. The second-order valence-electron chi connectivity index (χ2n) is 10.2. The van der Waals surface area contributed by atoms with Gasteiger partial charge in [-0.15, -0.1) is 0 Å². The van der Waals surface area contributed by atoms with Gasteiger partial charge >= 0.3 is 0 Å². The minimum absolute atomic E-state index is 0.0613. The fourth-order valence-electron chi connectivity index (χ4n) is 7.34. The average Bonchev–Trinajstić information content (AvgIpc) is 3.33. The van der Waals surface area contributed by atoms with E-state index in [-0.39, 0.29) is 23.7 Å². The molecule has 6 atom stereocenters. The summed E-state index contributed by atoms with van der Waals surface area (Å²) in [5.41, 5.74) is 0. The number of imide groups is 1. The molecule has 3 nitrogen and oxygen atoms in total. The van der Waals surface area contributed by atoms with Crippen LogP contribution in [0.1, 0.15) is 90.9 Å². The van der Waals surface area contributed by atoms with Crippen molar-refractivity contribution in [2.24, 2.45) is 41.4 Å². The van der Waals surface area contributed by atoms with Gasteiger partial charge in [0.1, 0.15) is 0 Å². The summed E-state index contributed by atoms with van der Waals surface area (Å²) in [4.78, 5) is 27.9. The predicted molar refractivity (Wildman–Crippen MR) is 108 cm³/mol. The van der Waals surface area contributed by atoms with Crippen LogP contribution in [-0.2, 0) is 9.59 Å². The first-order valence-electron chi connectivity index (χ1n) is 12.0. The van der Waals surface area contributed by atoms with E-state index in [0.717, 1.165) is 24.8 Å². The quantitative estimate of drug-likeness (QED) is 0.532. The number of fused-ring (bicyclic) bond motifs is 5. The highest BCUT2D eigenvalue weighted by Crippen LogP contribution is 2.56. The van der Waals surface area contributed by atoms with Crippen LogP contribution in [0.15, 0.2) is 0 Å². The molecular weight excluding hydrogens is 334 g/mol. The standard InChI is InChI=1S/C24H39NO2/c1-3-7-16(8-4-2)13-17-9-5-6-10-20(17)15-25-23(26)21-18-11-12-19(14-18)22(21)24(25)27/h16-22H,3-15H2,1-2H3/t17-,18-,19+,20-,21+,22-/m0/s1. The van der Waals surface area contributed by atoms with Crippen molar-refractivity contribution in [2.75, 3.05) is 6.54 Å². The molecule has 27 heavy (non-hydrogen) atoms. The van der Waals surface area contributed by atoms with E-state index in [1.807, 2.05) is 0 Å². The highest BCUT2D eigenvalue weighted by Gasteiger charge is 2.61. The number of nitrogens with zero attached hydrogens (tertiary/aromatic N) is 1. The highest BCUT2D eigenvalue weighted by molar-refractivity contribution is 6.06. The van der Waals surface area contributed by atoms with Gasteiger partial charge in [-0.3, -0.25) is 14.5 Å². The van der Waals surface area contributed by atoms with Gasteiger partial charge in [-0.1, -0.05) is 58.8 Å². The van der Waals surface area contributed by atoms with Gasteiger partial charge in [0.25, 0.3) is 0 Å². The molecule has 3 heteroatoms. The number of likely N-dealkylation sites (tertiary alicyclic amines) is 1. The molecule has 0 radical (unpaired) electrons. The molecule has 2 bridgehead atoms. The molecule has 0 spiro atoms. The van der Waals surface area contributed by atoms with Gasteiger partial charge in [-0.25, -0.2) is 0 Å². The zero-order chi connectivity index (χ0) is 19.0. The Kier molecular flexibility index (Phi) is 5.94. The van der Waals surface area contributed by atoms with Gasteiger partial charge < -0.3 is 0 Å². The van der Waals surface area contributed by atoms with Crippen LogP contribution in [0.5, 0.6) is 0 Å². The number of hydrogen-bond acceptors (Lipinski definition) is 2. The minimum Gasteiger partial charge on any atom is -0.282 e. The van der Waals surface area contributed by atoms with Crippen molar-refractivity contribution in [3.8, 4) is 0 Å². The lowest BCUT2D eigenvalue weighted by molar-refractivity contribution is -0.142. The van der Waals surface area contributed by atoms with E-state index >= 15 is 0 Å². The van der Waals surface area contributed by atoms with Crippen LogP contribution in [0.2, 0.25) is 0 Å². The normalized spacial score (nSPS) is 38.3. The highest BCUT2D eigenvalue weighted by atomic mass is 16.2. The van der Waals surface area contributed by atoms with Crippen molar-refractivity contribution < 1.29 is 9.59 Å². The van der Waals surface area contributed by atoms with E-state index in [4.69, 9.17) is 0 Å². The number of carbonyl (C=O) groups is 2. The Balaban J connectivity index is 1.42. The molecule has 0 aromatic heterocycles. The summed E-state index contributed by atoms with van der Waals surface area (Å²) < 4.78 is 0. The van der Waals surface area contributed by atoms with E-state index in [0.29, 0.717) is 17.8 Å². The maximum Gasteiger partial charge on any atom is 0.233 e. The topological polar surface area (TPSA) is 37.4 Å². The average molecular weight is 374 g/mol. The van der Waals surface area contributed by atoms with Gasteiger partial charge in [-0.2, -0.15) is 0 Å². The lowest BCUT2D eigenvalue weighted by Crippen LogP contribution is -2.40. The molecule has 0 N–H and O–H groups in total. The maximum atomic E-state index is 13.1. The molecule has 1 aliphatic heterocycles. The van der Waals surface area contributed by atoms with Crippen LogP contribution in [-0.4, -0.2) is 23.3 Å². The predicted octanol–water partition coefficient (Wildman–Crippen LogP) is 5.43. The Morgan fingerprint density at radius 1 is 0.852 bits per heavy atom. The van der Waals surface area contributed by atoms with Crippen molar-refractivity contribution in [1.29, 1.82) is 0 Å². The van der Waals surface area contributed by atoms with Crippen molar-refractivity contribution in [2.45, 2.75) is 90.9 Å². The molecule has 152 valence electrons. The minimum atomic E-state index is 0.0613. The molecule has 4 aliphatic rings. The summed E-state index contributed by atoms with van der Waals surface area (Å²) in [6.07, 6.45) is 15.2. The van der Waals surface area contributed by atoms with Crippen LogP contribution in [0.3, 0.4) is 0 Å². The van der Waals surface area contributed by atoms with E-state index in [1.165, 1.54) is 70.6 Å². The Bertz CT molecular complexity index is 525. The lowest BCUT2D eigenvalue weighted by atomic mass is 9.73. The first-order valence-corrected chi connectivity index (χ1v) is 12.0. The Morgan fingerprint density at radius 3 is 1.96 bits per heavy atom. The van der Waals surface area contributed by atoms with Gasteiger partial charge in [-0.05, 0) is 61.7 Å². The SMILES string of the molecule is CCCC(CCC)C[C@@H]1CCCC[C@H]1CN1C(=O)[C@@H]2[C@H]3CC[C@H](C3)[C@@H]2C1=O. The Labute approximate surface area is 165 Å². The first kappa shape index (κ1) is 19.5. The molecule has 2 amide bonds. The molecule has 1 heterocycles. The third-order valence-corrected chi connectivity index (χ3v) is 8.53. The molecule has 0 aromatic carbocycles. The van der Waals surface area contributed by atoms with E-state index in [9.17, 15) is 9.59 Å². The molecular formula is C24H39NO2. The summed E-state index contributed by atoms with van der Waals surface area (Å²) in [7, 11) is 0. The third-order valence-electron chi connectivity index (χ3n) is 8.53. The molecule has 3 saturated carbocycles. The van der Waals surface area contributed by atoms with Crippen LogP contribution >= 0.6 is 0 Å². The summed E-state index contributed by atoms with van der Waals surface area (Å²) in [5.74, 6) is 3.69. The molecule has 3 aliphatic carbocycles. The van der Waals surface area contributed by atoms with Crippen LogP contribution in [0, 0.1) is 41.4 Å². The number of hydrogen-bond donors (Lipinski definition) is 0. The van der Waals surface area contributed by atoms with Gasteiger partial charge in [0.15, 0.2) is 0 Å². The van der Waals surface area contributed by atoms with Crippen LogP contribution in [0.25, 0.3) is 0 Å². The maximum absolute atomic E-state index is 13.1. The number of amides is 2. The van der Waals surface area contributed by atoms with Gasteiger partial charge in [0.05, 0.1) is 11.8 Å². The summed E-state index contributed by atoms with van der Waals surface area (Å²) in [6, 6.07) is 0. The van der Waals surface area contributed by atoms with Crippen molar-refractivity contribution >= 4 is 11.8 Å². The van der Waals surface area contributed by atoms with E-state index in [1.54, 1.807) is 4.90 Å². The zero-order valence-corrected chi connectivity index (χ0v) is 17.5. The van der Waals surface area contributed by atoms with Crippen LogP contribution in [0.4, 0.5) is 0 Å². The van der Waals surface area contributed by atoms with Crippen LogP contribution < -0.4 is 0 Å². The molecule has 1 saturated heterocycles. The van der Waals surface area contributed by atoms with Gasteiger partial charge in [0.2, 0.25) is 11.8 Å². The molecule has 4 rings (SSSR count). The smallest absolute Gasteiger partial charge is 0.233 e. The van der Waals surface area contributed by atoms with E-state index in [2.05, 4.69) is 13.8 Å². The van der Waals surface area contributed by atoms with Crippen molar-refractivity contribution in [3.63, 3.8) is 0 Å². The third kappa shape index (κ3) is 3.60. The molecule has 0 aromatic rings. The fourth-order valence-corrected chi connectivity index (χ4v) is 7.34. The number of rotatable bonds is 8. The van der Waals surface area contributed by atoms with Crippen molar-refractivity contribution in [1.82, 2.24) is 4.90 Å². The second kappa shape index (κ2) is 8.25. The summed E-state index contributed by atoms with van der Waals surface area (Å²) in [5, 5.41) is 0. The first-order chi connectivity index (χ1) is 13.1.